The van der Waals surface area contributed by atoms with Crippen molar-refractivity contribution in [2.45, 2.75) is 32.4 Å². The van der Waals surface area contributed by atoms with E-state index in [0.717, 1.165) is 18.1 Å². The molecule has 7 nitrogen and oxygen atoms in total. The van der Waals surface area contributed by atoms with Crippen LogP contribution in [0.2, 0.25) is 0 Å². The zero-order valence-corrected chi connectivity index (χ0v) is 13.0. The van der Waals surface area contributed by atoms with Gasteiger partial charge in [0.05, 0.1) is 0 Å². The minimum atomic E-state index is -0.383. The molecule has 122 valence electrons. The van der Waals surface area contributed by atoms with Crippen LogP contribution in [0.15, 0.2) is 31.0 Å². The van der Waals surface area contributed by atoms with Gasteiger partial charge in [-0.2, -0.15) is 0 Å². The molecule has 1 aromatic rings. The highest BCUT2D eigenvalue weighted by molar-refractivity contribution is 5.98. The Hall–Kier alpha value is -2.70. The number of hydrogen-bond donors (Lipinski definition) is 2. The second-order valence-electron chi connectivity index (χ2n) is 5.33. The molecule has 2 rings (SSSR count). The number of rotatable bonds is 5. The van der Waals surface area contributed by atoms with Gasteiger partial charge in [-0.05, 0) is 30.5 Å². The lowest BCUT2D eigenvalue weighted by Gasteiger charge is -2.22. The predicted octanol–water partition coefficient (Wildman–Crippen LogP) is 0.833. The fourth-order valence-corrected chi connectivity index (χ4v) is 2.50. The molecule has 0 saturated carbocycles. The number of carbonyl (C=O) groups is 3. The maximum Gasteiger partial charge on any atom is 0.248 e. The Labute approximate surface area is 134 Å². The SMILES string of the molecule is C=CC(=O)Nc1ccc(CNC(=O)[C@@H]2CCCN2C(C)=O)cn1. The molecule has 2 N–H and O–H groups in total. The first-order valence-electron chi connectivity index (χ1n) is 7.44. The number of anilines is 1. The molecule has 1 aliphatic rings. The van der Waals surface area contributed by atoms with Crippen LogP contribution in [0, 0.1) is 0 Å². The van der Waals surface area contributed by atoms with Gasteiger partial charge in [0.2, 0.25) is 17.7 Å². The number of nitrogens with one attached hydrogen (secondary N) is 2. The first-order chi connectivity index (χ1) is 11.0. The lowest BCUT2D eigenvalue weighted by Crippen LogP contribution is -2.44. The first kappa shape index (κ1) is 16.7. The van der Waals surface area contributed by atoms with E-state index in [9.17, 15) is 14.4 Å². The monoisotopic (exact) mass is 316 g/mol. The Kier molecular flexibility index (Phi) is 5.46. The van der Waals surface area contributed by atoms with Crippen molar-refractivity contribution in [2.24, 2.45) is 0 Å². The summed E-state index contributed by atoms with van der Waals surface area (Å²) in [4.78, 5) is 40.5. The third-order valence-electron chi connectivity index (χ3n) is 3.69. The molecule has 0 bridgehead atoms. The molecule has 0 unspecified atom stereocenters. The molecule has 3 amide bonds. The van der Waals surface area contributed by atoms with Gasteiger partial charge in [0, 0.05) is 26.2 Å². The highest BCUT2D eigenvalue weighted by Gasteiger charge is 2.31. The molecule has 0 aliphatic carbocycles. The number of likely N-dealkylation sites (tertiary alicyclic amines) is 1. The summed E-state index contributed by atoms with van der Waals surface area (Å²) in [6.07, 6.45) is 4.28. The van der Waals surface area contributed by atoms with E-state index < -0.39 is 0 Å². The minimum absolute atomic E-state index is 0.0772. The third kappa shape index (κ3) is 4.38. The predicted molar refractivity (Wildman–Crippen MR) is 85.3 cm³/mol. The average molecular weight is 316 g/mol. The van der Waals surface area contributed by atoms with Crippen molar-refractivity contribution < 1.29 is 14.4 Å². The van der Waals surface area contributed by atoms with Gasteiger partial charge in [-0.1, -0.05) is 12.6 Å². The quantitative estimate of drug-likeness (QED) is 0.787. The molecule has 7 heteroatoms. The Morgan fingerprint density at radius 3 is 2.83 bits per heavy atom. The Morgan fingerprint density at radius 2 is 2.22 bits per heavy atom. The summed E-state index contributed by atoms with van der Waals surface area (Å²) in [7, 11) is 0. The lowest BCUT2D eigenvalue weighted by molar-refractivity contribution is -0.136. The lowest BCUT2D eigenvalue weighted by atomic mass is 10.2. The van der Waals surface area contributed by atoms with Gasteiger partial charge < -0.3 is 15.5 Å². The van der Waals surface area contributed by atoms with E-state index in [-0.39, 0.29) is 23.8 Å². The van der Waals surface area contributed by atoms with Crippen LogP contribution in [0.25, 0.3) is 0 Å². The van der Waals surface area contributed by atoms with Crippen LogP contribution in [0.5, 0.6) is 0 Å². The molecule has 23 heavy (non-hydrogen) atoms. The Balaban J connectivity index is 1.88. The normalized spacial score (nSPS) is 16.7. The van der Waals surface area contributed by atoms with Crippen molar-refractivity contribution in [2.75, 3.05) is 11.9 Å². The van der Waals surface area contributed by atoms with Crippen LogP contribution < -0.4 is 10.6 Å². The summed E-state index contributed by atoms with van der Waals surface area (Å²) in [6.45, 7) is 5.80. The fourth-order valence-electron chi connectivity index (χ4n) is 2.50. The zero-order valence-electron chi connectivity index (χ0n) is 13.0. The van der Waals surface area contributed by atoms with Crippen LogP contribution >= 0.6 is 0 Å². The van der Waals surface area contributed by atoms with Crippen molar-refractivity contribution in [3.05, 3.63) is 36.5 Å². The summed E-state index contributed by atoms with van der Waals surface area (Å²) < 4.78 is 0. The number of pyridine rings is 1. The van der Waals surface area contributed by atoms with Crippen LogP contribution in [-0.2, 0) is 20.9 Å². The third-order valence-corrected chi connectivity index (χ3v) is 3.69. The van der Waals surface area contributed by atoms with E-state index in [1.54, 1.807) is 23.2 Å². The topological polar surface area (TPSA) is 91.4 Å². The number of carbonyl (C=O) groups excluding carboxylic acids is 3. The fraction of sp³-hybridized carbons (Fsp3) is 0.375. The second kappa shape index (κ2) is 7.53. The maximum atomic E-state index is 12.2. The van der Waals surface area contributed by atoms with Crippen molar-refractivity contribution in [3.8, 4) is 0 Å². The molecule has 0 radical (unpaired) electrons. The molecule has 1 fully saturated rings. The van der Waals surface area contributed by atoms with E-state index >= 15 is 0 Å². The van der Waals surface area contributed by atoms with E-state index in [1.165, 1.54) is 6.92 Å². The summed E-state index contributed by atoms with van der Waals surface area (Å²) >= 11 is 0. The zero-order chi connectivity index (χ0) is 16.8. The molecule has 1 aromatic heterocycles. The van der Waals surface area contributed by atoms with Gasteiger partial charge in [-0.15, -0.1) is 0 Å². The van der Waals surface area contributed by atoms with E-state index in [2.05, 4.69) is 22.2 Å². The van der Waals surface area contributed by atoms with E-state index in [0.29, 0.717) is 25.3 Å². The largest absolute Gasteiger partial charge is 0.350 e. The molecule has 0 spiro atoms. The number of hydrogen-bond acceptors (Lipinski definition) is 4. The van der Waals surface area contributed by atoms with Gasteiger partial charge in [-0.3, -0.25) is 14.4 Å². The molecule has 0 aromatic carbocycles. The molecule has 1 saturated heterocycles. The highest BCUT2D eigenvalue weighted by Crippen LogP contribution is 2.17. The Morgan fingerprint density at radius 1 is 1.43 bits per heavy atom. The van der Waals surface area contributed by atoms with Crippen LogP contribution in [0.4, 0.5) is 5.82 Å². The molecule has 2 heterocycles. The van der Waals surface area contributed by atoms with Gasteiger partial charge in [0.15, 0.2) is 0 Å². The number of nitrogens with zero attached hydrogens (tertiary/aromatic N) is 2. The average Bonchev–Trinajstić information content (AvgIpc) is 3.03. The van der Waals surface area contributed by atoms with Gasteiger partial charge >= 0.3 is 0 Å². The summed E-state index contributed by atoms with van der Waals surface area (Å²) in [5.41, 5.74) is 0.808. The van der Waals surface area contributed by atoms with E-state index in [4.69, 9.17) is 0 Å². The molecule has 1 atom stereocenters. The maximum absolute atomic E-state index is 12.2. The van der Waals surface area contributed by atoms with Crippen LogP contribution in [0.1, 0.15) is 25.3 Å². The van der Waals surface area contributed by atoms with Gasteiger partial charge in [-0.25, -0.2) is 4.98 Å². The summed E-state index contributed by atoms with van der Waals surface area (Å²) in [5, 5.41) is 5.37. The first-order valence-corrected chi connectivity index (χ1v) is 7.44. The van der Waals surface area contributed by atoms with Crippen molar-refractivity contribution in [1.82, 2.24) is 15.2 Å². The van der Waals surface area contributed by atoms with Crippen molar-refractivity contribution >= 4 is 23.5 Å². The molecule has 1 aliphatic heterocycles. The van der Waals surface area contributed by atoms with Gasteiger partial charge in [0.25, 0.3) is 0 Å². The second-order valence-corrected chi connectivity index (χ2v) is 5.33. The van der Waals surface area contributed by atoms with Crippen molar-refractivity contribution in [3.63, 3.8) is 0 Å². The van der Waals surface area contributed by atoms with Crippen LogP contribution in [0.3, 0.4) is 0 Å². The number of aromatic nitrogens is 1. The summed E-state index contributed by atoms with van der Waals surface area (Å²) in [5.74, 6) is -0.138. The molecular formula is C16H20N4O3. The molecular weight excluding hydrogens is 296 g/mol. The number of amides is 3. The smallest absolute Gasteiger partial charge is 0.248 e. The summed E-state index contributed by atoms with van der Waals surface area (Å²) in [6, 6.07) is 3.04. The van der Waals surface area contributed by atoms with Gasteiger partial charge in [0.1, 0.15) is 11.9 Å². The Bertz CT molecular complexity index is 612. The van der Waals surface area contributed by atoms with Crippen LogP contribution in [-0.4, -0.2) is 40.2 Å². The minimum Gasteiger partial charge on any atom is -0.350 e. The van der Waals surface area contributed by atoms with Crippen molar-refractivity contribution in [1.29, 1.82) is 0 Å². The van der Waals surface area contributed by atoms with E-state index in [1.807, 2.05) is 0 Å². The highest BCUT2D eigenvalue weighted by atomic mass is 16.2. The standard InChI is InChI=1S/C16H20N4O3/c1-3-15(22)19-14-7-6-12(9-17-14)10-18-16(23)13-5-4-8-20(13)11(2)21/h3,6-7,9,13H,1,4-5,8,10H2,2H3,(H,18,23)(H,17,19,22)/t13-/m0/s1.